The Hall–Kier alpha value is -2.12. The maximum atomic E-state index is 13.4. The molecule has 10 heteroatoms. The quantitative estimate of drug-likeness (QED) is 0.780. The van der Waals surface area contributed by atoms with E-state index in [0.717, 1.165) is 25.4 Å². The first-order valence-corrected chi connectivity index (χ1v) is 8.44. The highest BCUT2D eigenvalue weighted by Crippen LogP contribution is 2.32. The highest BCUT2D eigenvalue weighted by molar-refractivity contribution is 7.17. The average Bonchev–Trinajstić information content (AvgIpc) is 3.00. The van der Waals surface area contributed by atoms with Crippen LogP contribution in [-0.4, -0.2) is 69.9 Å². The van der Waals surface area contributed by atoms with Crippen LogP contribution in [0.1, 0.15) is 33.2 Å². The van der Waals surface area contributed by atoms with Crippen molar-refractivity contribution >= 4 is 39.7 Å². The van der Waals surface area contributed by atoms with Crippen molar-refractivity contribution in [2.24, 2.45) is 0 Å². The van der Waals surface area contributed by atoms with Gasteiger partial charge in [-0.2, -0.15) is 4.98 Å². The molecule has 1 aromatic heterocycles. The lowest BCUT2D eigenvalue weighted by molar-refractivity contribution is 0.0923. The van der Waals surface area contributed by atoms with Gasteiger partial charge >= 0.3 is 6.09 Å². The fourth-order valence-electron chi connectivity index (χ4n) is 3.07. The Morgan fingerprint density at radius 1 is 1.37 bits per heavy atom. The SMILES string of the molecule is C.CCOC(=O)N1CCC(n2c(OC)nc3cc(F)ccc32)CC1.[B][B][B]. The number of halogens is 1. The van der Waals surface area contributed by atoms with Crippen LogP contribution in [0.25, 0.3) is 11.0 Å². The summed E-state index contributed by atoms with van der Waals surface area (Å²) in [5, 5.41) is 0. The van der Waals surface area contributed by atoms with Gasteiger partial charge in [0.2, 0.25) is 0 Å². The maximum Gasteiger partial charge on any atom is 0.409 e. The minimum absolute atomic E-state index is 0. The van der Waals surface area contributed by atoms with Gasteiger partial charge in [-0.3, -0.25) is 4.57 Å². The fraction of sp³-hybridized carbons (Fsp3) is 0.529. The van der Waals surface area contributed by atoms with Crippen LogP contribution in [0, 0.1) is 5.82 Å². The van der Waals surface area contributed by atoms with Gasteiger partial charge in [-0.15, -0.1) is 0 Å². The number of ether oxygens (including phenoxy) is 2. The summed E-state index contributed by atoms with van der Waals surface area (Å²) in [7, 11) is 11.6. The van der Waals surface area contributed by atoms with E-state index in [1.54, 1.807) is 25.0 Å². The van der Waals surface area contributed by atoms with Crippen LogP contribution in [0.3, 0.4) is 0 Å². The summed E-state index contributed by atoms with van der Waals surface area (Å²) in [4.78, 5) is 17.8. The third kappa shape index (κ3) is 5.43. The summed E-state index contributed by atoms with van der Waals surface area (Å²) in [6.07, 6.45) is 1.28. The number of hydrogen-bond acceptors (Lipinski definition) is 4. The molecule has 3 rings (SSSR count). The molecule has 1 amide bonds. The van der Waals surface area contributed by atoms with Gasteiger partial charge in [0, 0.05) is 47.7 Å². The molecular weight excluding hydrogens is 346 g/mol. The third-order valence-electron chi connectivity index (χ3n) is 4.16. The molecule has 5 radical (unpaired) electrons. The second kappa shape index (κ2) is 10.9. The summed E-state index contributed by atoms with van der Waals surface area (Å²) >= 11 is 0. The molecule has 0 unspecified atom stereocenters. The van der Waals surface area contributed by atoms with Crippen LogP contribution in [-0.2, 0) is 4.74 Å². The number of hydrogen-bond donors (Lipinski definition) is 0. The number of likely N-dealkylation sites (tertiary alicyclic amines) is 1. The molecular formula is C17H24B3FN3O3. The van der Waals surface area contributed by atoms with E-state index in [9.17, 15) is 9.18 Å². The number of carbonyl (C=O) groups is 1. The van der Waals surface area contributed by atoms with Crippen molar-refractivity contribution in [1.29, 1.82) is 0 Å². The molecule has 1 saturated heterocycles. The summed E-state index contributed by atoms with van der Waals surface area (Å²) in [6, 6.07) is 5.18. The third-order valence-corrected chi connectivity index (χ3v) is 4.16. The van der Waals surface area contributed by atoms with Crippen molar-refractivity contribution in [1.82, 2.24) is 14.5 Å². The summed E-state index contributed by atoms with van der Waals surface area (Å²) in [5.41, 5.74) is 1.42. The Balaban J connectivity index is 0.000000855. The molecule has 0 bridgehead atoms. The van der Waals surface area contributed by atoms with Gasteiger partial charge in [0.25, 0.3) is 6.01 Å². The van der Waals surface area contributed by atoms with Gasteiger partial charge in [-0.25, -0.2) is 9.18 Å². The van der Waals surface area contributed by atoms with E-state index < -0.39 is 0 Å². The van der Waals surface area contributed by atoms with Gasteiger partial charge in [0.05, 0.1) is 24.8 Å². The number of carbonyl (C=O) groups excluding carboxylic acids is 1. The highest BCUT2D eigenvalue weighted by atomic mass is 19.1. The summed E-state index contributed by atoms with van der Waals surface area (Å²) in [5.74, 6) is -0.318. The first-order chi connectivity index (χ1) is 12.5. The Kier molecular flexibility index (Phi) is 9.25. The van der Waals surface area contributed by atoms with Crippen LogP contribution in [0.5, 0.6) is 6.01 Å². The second-order valence-electron chi connectivity index (χ2n) is 5.71. The number of methoxy groups -OCH3 is 1. The van der Waals surface area contributed by atoms with Crippen LogP contribution >= 0.6 is 0 Å². The Morgan fingerprint density at radius 3 is 2.56 bits per heavy atom. The van der Waals surface area contributed by atoms with E-state index in [0.29, 0.717) is 31.2 Å². The van der Waals surface area contributed by atoms with Gasteiger partial charge in [0.15, 0.2) is 0 Å². The van der Waals surface area contributed by atoms with Crippen LogP contribution in [0.4, 0.5) is 9.18 Å². The Labute approximate surface area is 163 Å². The lowest BCUT2D eigenvalue weighted by atomic mass is 9.40. The van der Waals surface area contributed by atoms with Gasteiger partial charge in [-0.1, -0.05) is 7.43 Å². The minimum Gasteiger partial charge on any atom is -0.468 e. The molecule has 0 N–H and O–H groups in total. The van der Waals surface area contributed by atoms with Crippen molar-refractivity contribution < 1.29 is 18.7 Å². The number of nitrogens with zero attached hydrogens (tertiary/aromatic N) is 3. The predicted molar refractivity (Wildman–Crippen MR) is 107 cm³/mol. The minimum atomic E-state index is -0.318. The normalized spacial score (nSPS) is 14.0. The topological polar surface area (TPSA) is 56.6 Å². The standard InChI is InChI=1S/C16H20FN3O3.CH4.B3/c1-3-23-16(21)19-8-6-12(7-9-19)20-14-5-4-11(17)10-13(14)18-15(20)22-2;;1-3-2/h4-5,10,12H,3,6-9H2,1-2H3;1H4;. The molecule has 1 aliphatic rings. The molecule has 141 valence electrons. The van der Waals surface area contributed by atoms with E-state index >= 15 is 0 Å². The van der Waals surface area contributed by atoms with E-state index in [1.165, 1.54) is 12.1 Å². The van der Waals surface area contributed by atoms with Gasteiger partial charge in [0.1, 0.15) is 5.82 Å². The number of piperidine rings is 1. The molecule has 0 aliphatic carbocycles. The molecule has 0 spiro atoms. The maximum absolute atomic E-state index is 13.4. The molecule has 6 nitrogen and oxygen atoms in total. The average molecular weight is 370 g/mol. The molecule has 2 heterocycles. The number of aromatic nitrogens is 2. The number of rotatable bonds is 3. The zero-order chi connectivity index (χ0) is 19.1. The highest BCUT2D eigenvalue weighted by Gasteiger charge is 2.27. The smallest absolute Gasteiger partial charge is 0.409 e. The largest absolute Gasteiger partial charge is 0.468 e. The number of imidazole rings is 1. The van der Waals surface area contributed by atoms with Crippen LogP contribution < -0.4 is 4.74 Å². The fourth-order valence-corrected chi connectivity index (χ4v) is 3.07. The summed E-state index contributed by atoms with van der Waals surface area (Å²) < 4.78 is 25.8. The molecule has 1 aliphatic heterocycles. The lowest BCUT2D eigenvalue weighted by Crippen LogP contribution is -2.39. The van der Waals surface area contributed by atoms with Crippen molar-refractivity contribution in [3.8, 4) is 6.01 Å². The lowest BCUT2D eigenvalue weighted by Gasteiger charge is -2.32. The van der Waals surface area contributed by atoms with E-state index in [4.69, 9.17) is 9.47 Å². The number of amides is 1. The first-order valence-electron chi connectivity index (χ1n) is 8.44. The van der Waals surface area contributed by atoms with Crippen molar-refractivity contribution in [3.05, 3.63) is 24.0 Å². The van der Waals surface area contributed by atoms with Crippen molar-refractivity contribution in [2.45, 2.75) is 33.2 Å². The van der Waals surface area contributed by atoms with E-state index in [1.807, 2.05) is 4.57 Å². The number of fused-ring (bicyclic) bond motifs is 1. The molecule has 1 aromatic carbocycles. The van der Waals surface area contributed by atoms with Crippen LogP contribution in [0.2, 0.25) is 0 Å². The summed E-state index contributed by atoms with van der Waals surface area (Å²) in [6.45, 7) is 3.41. The van der Waals surface area contributed by atoms with Gasteiger partial charge < -0.3 is 14.4 Å². The Bertz CT molecular complexity index is 737. The zero-order valence-electron chi connectivity index (χ0n) is 15.0. The first kappa shape index (κ1) is 22.9. The molecule has 2 aromatic rings. The van der Waals surface area contributed by atoms with E-state index in [2.05, 4.69) is 20.5 Å². The van der Waals surface area contributed by atoms with E-state index in [-0.39, 0.29) is 25.4 Å². The molecule has 1 fully saturated rings. The molecule has 27 heavy (non-hydrogen) atoms. The second-order valence-corrected chi connectivity index (χ2v) is 5.71. The van der Waals surface area contributed by atoms with Crippen molar-refractivity contribution in [2.75, 3.05) is 26.8 Å². The van der Waals surface area contributed by atoms with Crippen LogP contribution in [0.15, 0.2) is 18.2 Å². The number of benzene rings is 1. The molecule has 0 atom stereocenters. The van der Waals surface area contributed by atoms with Gasteiger partial charge in [-0.05, 0) is 31.9 Å². The Morgan fingerprint density at radius 2 is 2.00 bits per heavy atom. The zero-order valence-corrected chi connectivity index (χ0v) is 15.0. The molecule has 0 saturated carbocycles. The van der Waals surface area contributed by atoms with Crippen molar-refractivity contribution in [3.63, 3.8) is 0 Å². The predicted octanol–water partition coefficient (Wildman–Crippen LogP) is 2.47. The monoisotopic (exact) mass is 370 g/mol.